The summed E-state index contributed by atoms with van der Waals surface area (Å²) < 4.78 is 10.5. The van der Waals surface area contributed by atoms with Crippen LogP contribution < -0.4 is 5.32 Å². The number of likely N-dealkylation sites (tertiary alicyclic amines) is 2. The number of nitrogens with zero attached hydrogens (tertiary/aromatic N) is 3. The molecule has 0 bridgehead atoms. The number of benzene rings is 1. The van der Waals surface area contributed by atoms with Crippen molar-refractivity contribution < 1.29 is 19.4 Å². The molecule has 0 spiro atoms. The molecular formula is C31H50N4O4. The summed E-state index contributed by atoms with van der Waals surface area (Å²) in [6, 6.07) is 12.4. The molecule has 2 unspecified atom stereocenters. The minimum absolute atomic E-state index is 0.0865. The summed E-state index contributed by atoms with van der Waals surface area (Å²) in [5, 5.41) is 15.4. The predicted molar refractivity (Wildman–Crippen MR) is 153 cm³/mol. The fourth-order valence-corrected chi connectivity index (χ4v) is 7.57. The molecule has 0 aromatic heterocycles. The van der Waals surface area contributed by atoms with Gasteiger partial charge in [-0.2, -0.15) is 0 Å². The van der Waals surface area contributed by atoms with Crippen LogP contribution >= 0.6 is 0 Å². The highest BCUT2D eigenvalue weighted by Crippen LogP contribution is 2.34. The molecule has 3 aliphatic heterocycles. The monoisotopic (exact) mass is 542 g/mol. The fraction of sp³-hybridized carbons (Fsp3) is 0.774. The number of carbonyl (C=O) groups is 1. The summed E-state index contributed by atoms with van der Waals surface area (Å²) in [4.78, 5) is 19.6. The average Bonchev–Trinajstić information content (AvgIpc) is 2.98. The molecule has 218 valence electrons. The molecule has 39 heavy (non-hydrogen) atoms. The van der Waals surface area contributed by atoms with Crippen molar-refractivity contribution in [2.45, 2.75) is 108 Å². The standard InChI is InChI=1S/C31H50N4O4/c1-2-38-31(37)39-27-15-21-34(22-16-27)28-9-6-10-29(30(28)36)35(23-24-7-4-3-5-8-24)26-13-19-33(20-14-26)25-11-17-32-18-12-25/h3-5,7-8,25-30,32,36H,2,6,9-23H2,1H3/t28?,29?,30-/m1/s1. The van der Waals surface area contributed by atoms with Gasteiger partial charge < -0.3 is 24.8 Å². The molecule has 0 radical (unpaired) electrons. The van der Waals surface area contributed by atoms with E-state index < -0.39 is 6.16 Å². The minimum Gasteiger partial charge on any atom is -0.435 e. The molecule has 2 N–H and O–H groups in total. The van der Waals surface area contributed by atoms with Crippen molar-refractivity contribution in [3.05, 3.63) is 35.9 Å². The third-order valence-electron chi connectivity index (χ3n) is 9.69. The van der Waals surface area contributed by atoms with Gasteiger partial charge in [-0.1, -0.05) is 36.8 Å². The Morgan fingerprint density at radius 1 is 0.949 bits per heavy atom. The number of carbonyl (C=O) groups excluding carboxylic acids is 1. The number of nitrogens with one attached hydrogen (secondary N) is 1. The maximum absolute atomic E-state index is 11.9. The predicted octanol–water partition coefficient (Wildman–Crippen LogP) is 3.62. The Morgan fingerprint density at radius 3 is 2.33 bits per heavy atom. The zero-order chi connectivity index (χ0) is 27.0. The number of aliphatic hydroxyl groups excluding tert-OH is 1. The molecule has 3 saturated heterocycles. The van der Waals surface area contributed by atoms with Gasteiger partial charge in [-0.15, -0.1) is 0 Å². The third kappa shape index (κ3) is 7.53. The molecule has 3 heterocycles. The van der Waals surface area contributed by atoms with Crippen LogP contribution in [0.1, 0.15) is 70.3 Å². The quantitative estimate of drug-likeness (QED) is 0.483. The number of aliphatic hydroxyl groups is 1. The van der Waals surface area contributed by atoms with Crippen LogP contribution in [0.3, 0.4) is 0 Å². The smallest absolute Gasteiger partial charge is 0.435 e. The van der Waals surface area contributed by atoms with E-state index in [4.69, 9.17) is 9.47 Å². The molecule has 8 heteroatoms. The molecule has 5 rings (SSSR count). The summed E-state index contributed by atoms with van der Waals surface area (Å²) in [5.41, 5.74) is 1.34. The molecular weight excluding hydrogens is 492 g/mol. The summed E-state index contributed by atoms with van der Waals surface area (Å²) in [6.07, 6.45) is 8.72. The van der Waals surface area contributed by atoms with Gasteiger partial charge in [0.2, 0.25) is 0 Å². The van der Waals surface area contributed by atoms with E-state index in [2.05, 4.69) is 50.3 Å². The van der Waals surface area contributed by atoms with E-state index in [1.807, 2.05) is 0 Å². The second-order valence-electron chi connectivity index (χ2n) is 12.0. The van der Waals surface area contributed by atoms with Gasteiger partial charge in [0.25, 0.3) is 0 Å². The largest absolute Gasteiger partial charge is 0.508 e. The van der Waals surface area contributed by atoms with E-state index in [9.17, 15) is 9.90 Å². The van der Waals surface area contributed by atoms with Crippen molar-refractivity contribution in [3.63, 3.8) is 0 Å². The Hall–Kier alpha value is -1.71. The SMILES string of the molecule is CCOC(=O)OC1CCN(C2CCCC(N(Cc3ccccc3)C3CCN(C4CCNCC4)CC3)[C@@H]2O)CC1. The number of rotatable bonds is 8. The number of piperidine rings is 3. The van der Waals surface area contributed by atoms with E-state index in [0.717, 1.165) is 70.9 Å². The topological polar surface area (TPSA) is 77.5 Å². The Kier molecular flexibility index (Phi) is 10.5. The molecule has 4 fully saturated rings. The van der Waals surface area contributed by atoms with Gasteiger partial charge in [-0.25, -0.2) is 4.79 Å². The van der Waals surface area contributed by atoms with Crippen LogP contribution in [-0.4, -0.2) is 108 Å². The minimum atomic E-state index is -0.559. The maximum Gasteiger partial charge on any atom is 0.508 e. The van der Waals surface area contributed by atoms with Crippen LogP contribution in [-0.2, 0) is 16.0 Å². The maximum atomic E-state index is 11.9. The Labute approximate surface area is 235 Å². The van der Waals surface area contributed by atoms with E-state index >= 15 is 0 Å². The zero-order valence-electron chi connectivity index (χ0n) is 23.9. The zero-order valence-corrected chi connectivity index (χ0v) is 23.9. The van der Waals surface area contributed by atoms with Crippen LogP contribution in [0.25, 0.3) is 0 Å². The van der Waals surface area contributed by atoms with E-state index in [0.29, 0.717) is 12.6 Å². The van der Waals surface area contributed by atoms with Crippen LogP contribution in [0, 0.1) is 0 Å². The lowest BCUT2D eigenvalue weighted by Gasteiger charge is -2.50. The van der Waals surface area contributed by atoms with Crippen molar-refractivity contribution in [2.75, 3.05) is 45.9 Å². The van der Waals surface area contributed by atoms with Gasteiger partial charge >= 0.3 is 6.16 Å². The van der Waals surface area contributed by atoms with Crippen molar-refractivity contribution in [1.82, 2.24) is 20.0 Å². The highest BCUT2D eigenvalue weighted by molar-refractivity contribution is 5.60. The summed E-state index contributed by atoms with van der Waals surface area (Å²) >= 11 is 0. The van der Waals surface area contributed by atoms with Crippen LogP contribution in [0.15, 0.2) is 30.3 Å². The van der Waals surface area contributed by atoms with Crippen molar-refractivity contribution in [3.8, 4) is 0 Å². The third-order valence-corrected chi connectivity index (χ3v) is 9.69. The first kappa shape index (κ1) is 28.8. The summed E-state index contributed by atoms with van der Waals surface area (Å²) in [5.74, 6) is 0. The lowest BCUT2D eigenvalue weighted by atomic mass is 9.83. The molecule has 8 nitrogen and oxygen atoms in total. The van der Waals surface area contributed by atoms with Crippen molar-refractivity contribution in [1.29, 1.82) is 0 Å². The van der Waals surface area contributed by atoms with E-state index in [1.165, 1.54) is 44.3 Å². The molecule has 0 amide bonds. The second kappa shape index (κ2) is 14.3. The highest BCUT2D eigenvalue weighted by atomic mass is 16.7. The van der Waals surface area contributed by atoms with Gasteiger partial charge in [0.05, 0.1) is 12.7 Å². The number of hydrogen-bond donors (Lipinski definition) is 2. The average molecular weight is 543 g/mol. The Morgan fingerprint density at radius 2 is 1.64 bits per heavy atom. The van der Waals surface area contributed by atoms with Crippen LogP contribution in [0.2, 0.25) is 0 Å². The molecule has 1 aromatic carbocycles. The molecule has 1 aromatic rings. The first-order valence-corrected chi connectivity index (χ1v) is 15.6. The molecule has 3 atom stereocenters. The fourth-order valence-electron chi connectivity index (χ4n) is 7.57. The first-order valence-electron chi connectivity index (χ1n) is 15.6. The number of hydrogen-bond acceptors (Lipinski definition) is 8. The van der Waals surface area contributed by atoms with Crippen molar-refractivity contribution >= 4 is 6.16 Å². The van der Waals surface area contributed by atoms with Gasteiger partial charge in [-0.05, 0) is 90.0 Å². The van der Waals surface area contributed by atoms with Crippen LogP contribution in [0.4, 0.5) is 4.79 Å². The Balaban J connectivity index is 1.22. The number of ether oxygens (including phenoxy) is 2. The lowest BCUT2D eigenvalue weighted by molar-refractivity contribution is -0.0787. The summed E-state index contributed by atoms with van der Waals surface area (Å²) in [6.45, 7) is 9.37. The van der Waals surface area contributed by atoms with E-state index in [1.54, 1.807) is 6.92 Å². The van der Waals surface area contributed by atoms with Crippen molar-refractivity contribution in [2.24, 2.45) is 0 Å². The Bertz CT molecular complexity index is 867. The van der Waals surface area contributed by atoms with Gasteiger partial charge in [0.1, 0.15) is 6.10 Å². The highest BCUT2D eigenvalue weighted by Gasteiger charge is 2.42. The van der Waals surface area contributed by atoms with E-state index in [-0.39, 0.29) is 24.3 Å². The van der Waals surface area contributed by atoms with Crippen LogP contribution in [0.5, 0.6) is 0 Å². The second-order valence-corrected chi connectivity index (χ2v) is 12.0. The lowest BCUT2D eigenvalue weighted by Crippen LogP contribution is -2.61. The summed E-state index contributed by atoms with van der Waals surface area (Å²) in [7, 11) is 0. The molecule has 4 aliphatic rings. The normalized spacial score (nSPS) is 28.9. The first-order chi connectivity index (χ1) is 19.1. The molecule has 1 saturated carbocycles. The molecule has 1 aliphatic carbocycles. The van der Waals surface area contributed by atoms with Gasteiger partial charge in [0.15, 0.2) is 0 Å². The van der Waals surface area contributed by atoms with Gasteiger partial charge in [-0.3, -0.25) is 9.80 Å². The van der Waals surface area contributed by atoms with Gasteiger partial charge in [0, 0.05) is 43.8 Å².